The van der Waals surface area contributed by atoms with Gasteiger partial charge < -0.3 is 15.3 Å². The molecule has 2 aliphatic heterocycles. The van der Waals surface area contributed by atoms with Crippen molar-refractivity contribution in [3.63, 3.8) is 0 Å². The molecular weight excluding hydrogens is 440 g/mol. The van der Waals surface area contributed by atoms with Crippen molar-refractivity contribution < 1.29 is 5.11 Å². The molecule has 1 aliphatic carbocycles. The Morgan fingerprint density at radius 1 is 0.806 bits per heavy atom. The van der Waals surface area contributed by atoms with Crippen molar-refractivity contribution in [2.24, 2.45) is 5.41 Å². The zero-order valence-electron chi connectivity index (χ0n) is 21.5. The second-order valence-corrected chi connectivity index (χ2v) is 11.5. The number of aromatic hydroxyl groups is 1. The lowest BCUT2D eigenvalue weighted by molar-refractivity contribution is 0.163. The number of hydrogen-bond acceptors (Lipinski definition) is 3. The molecule has 0 aromatic heterocycles. The van der Waals surface area contributed by atoms with E-state index in [2.05, 4.69) is 70.9 Å². The maximum Gasteiger partial charge on any atom is 0.115 e. The van der Waals surface area contributed by atoms with Crippen LogP contribution < -0.4 is 10.2 Å². The normalized spacial score (nSPS) is 24.1. The molecule has 2 fully saturated rings. The van der Waals surface area contributed by atoms with Crippen LogP contribution in [0.3, 0.4) is 0 Å². The van der Waals surface area contributed by atoms with Crippen LogP contribution in [0.5, 0.6) is 5.75 Å². The van der Waals surface area contributed by atoms with Gasteiger partial charge in [-0.25, -0.2) is 0 Å². The second-order valence-electron chi connectivity index (χ2n) is 11.5. The van der Waals surface area contributed by atoms with Crippen LogP contribution >= 0.6 is 0 Å². The van der Waals surface area contributed by atoms with E-state index in [0.29, 0.717) is 23.0 Å². The molecule has 3 aromatic carbocycles. The average Bonchev–Trinajstić information content (AvgIpc) is 2.91. The van der Waals surface area contributed by atoms with Crippen molar-refractivity contribution in [3.05, 3.63) is 95.1 Å². The van der Waals surface area contributed by atoms with E-state index in [1.165, 1.54) is 92.6 Å². The van der Waals surface area contributed by atoms with Crippen LogP contribution in [0, 0.1) is 5.41 Å². The quantitative estimate of drug-likeness (QED) is 0.423. The van der Waals surface area contributed by atoms with Gasteiger partial charge in [0, 0.05) is 31.2 Å². The van der Waals surface area contributed by atoms with Gasteiger partial charge in [0.2, 0.25) is 0 Å². The summed E-state index contributed by atoms with van der Waals surface area (Å²) in [6.07, 6.45) is 10.2. The second kappa shape index (κ2) is 10.3. The Bertz CT molecular complexity index is 1140. The van der Waals surface area contributed by atoms with Gasteiger partial charge in [0.05, 0.1) is 0 Å². The van der Waals surface area contributed by atoms with Gasteiger partial charge in [0.25, 0.3) is 0 Å². The number of hydrogen-bond donors (Lipinski definition) is 2. The van der Waals surface area contributed by atoms with E-state index in [1.807, 2.05) is 12.1 Å². The van der Waals surface area contributed by atoms with Crippen molar-refractivity contribution >= 4 is 5.69 Å². The molecule has 1 spiro atoms. The fourth-order valence-electron chi connectivity index (χ4n) is 7.41. The van der Waals surface area contributed by atoms with Crippen molar-refractivity contribution in [3.8, 4) is 5.75 Å². The Balaban J connectivity index is 1.24. The van der Waals surface area contributed by atoms with Crippen LogP contribution in [0.2, 0.25) is 0 Å². The van der Waals surface area contributed by atoms with Gasteiger partial charge in [-0.2, -0.15) is 0 Å². The number of benzene rings is 3. The molecular formula is C33H40N2O. The monoisotopic (exact) mass is 480 g/mol. The molecule has 2 atom stereocenters. The summed E-state index contributed by atoms with van der Waals surface area (Å²) in [6, 6.07) is 26.5. The summed E-state index contributed by atoms with van der Waals surface area (Å²) in [5, 5.41) is 13.8. The standard InChI is InChI=1S/C33H40N2O/c36-29-14-16-31-27(23-29)11-15-30(25-7-2-1-3-8-25)32(31)26-9-12-28(13-10-26)35-21-5-18-33(19-6-22-35)17-4-20-34-24-33/h1-3,7-10,12-14,16,23,30,32,34,36H,4-6,11,15,17-22,24H2/t30-,32+/m1/s1. The third kappa shape index (κ3) is 4.78. The van der Waals surface area contributed by atoms with E-state index in [0.717, 1.165) is 12.8 Å². The number of nitrogens with one attached hydrogen (secondary N) is 1. The van der Waals surface area contributed by atoms with Crippen LogP contribution in [0.25, 0.3) is 0 Å². The number of fused-ring (bicyclic) bond motifs is 1. The molecule has 0 saturated carbocycles. The van der Waals surface area contributed by atoms with Gasteiger partial charge in [-0.3, -0.25) is 0 Å². The summed E-state index contributed by atoms with van der Waals surface area (Å²) >= 11 is 0. The molecule has 2 heterocycles. The van der Waals surface area contributed by atoms with E-state index in [-0.39, 0.29) is 0 Å². The Morgan fingerprint density at radius 3 is 2.28 bits per heavy atom. The van der Waals surface area contributed by atoms with Gasteiger partial charge in [0.1, 0.15) is 5.75 Å². The van der Waals surface area contributed by atoms with E-state index in [1.54, 1.807) is 0 Å². The Hall–Kier alpha value is -2.78. The molecule has 3 nitrogen and oxygen atoms in total. The molecule has 6 rings (SSSR count). The topological polar surface area (TPSA) is 35.5 Å². The highest BCUT2D eigenvalue weighted by Crippen LogP contribution is 2.47. The highest BCUT2D eigenvalue weighted by atomic mass is 16.3. The average molecular weight is 481 g/mol. The highest BCUT2D eigenvalue weighted by Gasteiger charge is 2.34. The number of phenols is 1. The number of nitrogens with zero attached hydrogens (tertiary/aromatic N) is 1. The minimum atomic E-state index is 0.316. The minimum Gasteiger partial charge on any atom is -0.508 e. The van der Waals surface area contributed by atoms with Gasteiger partial charge in [-0.05, 0) is 116 Å². The molecule has 36 heavy (non-hydrogen) atoms. The van der Waals surface area contributed by atoms with Crippen LogP contribution in [0.15, 0.2) is 72.8 Å². The maximum atomic E-state index is 10.1. The van der Waals surface area contributed by atoms with Crippen molar-refractivity contribution in [1.82, 2.24) is 5.32 Å². The van der Waals surface area contributed by atoms with Crippen LogP contribution in [0.1, 0.15) is 79.0 Å². The third-order valence-electron chi connectivity index (χ3n) is 9.26. The molecule has 0 radical (unpaired) electrons. The lowest BCUT2D eigenvalue weighted by atomic mass is 9.69. The van der Waals surface area contributed by atoms with E-state index < -0.39 is 0 Å². The molecule has 0 unspecified atom stereocenters. The SMILES string of the molecule is Oc1ccc2c(c1)CC[C@H](c1ccccc1)[C@@H]2c1ccc(N2CCCC3(CCCNC3)CCC2)cc1. The van der Waals surface area contributed by atoms with Crippen LogP contribution in [0.4, 0.5) is 5.69 Å². The maximum absolute atomic E-state index is 10.1. The summed E-state index contributed by atoms with van der Waals surface area (Å²) in [7, 11) is 0. The smallest absolute Gasteiger partial charge is 0.115 e. The van der Waals surface area contributed by atoms with Gasteiger partial charge in [-0.1, -0.05) is 48.5 Å². The Kier molecular flexibility index (Phi) is 6.75. The molecule has 2 saturated heterocycles. The summed E-state index contributed by atoms with van der Waals surface area (Å²) in [5.74, 6) is 1.15. The largest absolute Gasteiger partial charge is 0.508 e. The Morgan fingerprint density at radius 2 is 1.56 bits per heavy atom. The van der Waals surface area contributed by atoms with Crippen molar-refractivity contribution in [1.29, 1.82) is 0 Å². The number of phenolic OH excluding ortho intramolecular Hbond substituents is 1. The fourth-order valence-corrected chi connectivity index (χ4v) is 7.41. The predicted molar refractivity (Wildman–Crippen MR) is 149 cm³/mol. The molecule has 3 aromatic rings. The zero-order valence-corrected chi connectivity index (χ0v) is 21.5. The van der Waals surface area contributed by atoms with Gasteiger partial charge in [0.15, 0.2) is 0 Å². The molecule has 3 aliphatic rings. The van der Waals surface area contributed by atoms with Gasteiger partial charge in [-0.15, -0.1) is 0 Å². The van der Waals surface area contributed by atoms with E-state index in [9.17, 15) is 5.11 Å². The minimum absolute atomic E-state index is 0.316. The fraction of sp³-hybridized carbons (Fsp3) is 0.455. The Labute approximate surface area is 216 Å². The highest BCUT2D eigenvalue weighted by molar-refractivity contribution is 5.52. The molecule has 0 bridgehead atoms. The molecule has 188 valence electrons. The first-order valence-electron chi connectivity index (χ1n) is 14.1. The molecule has 3 heteroatoms. The van der Waals surface area contributed by atoms with E-state index >= 15 is 0 Å². The lowest BCUT2D eigenvalue weighted by Crippen LogP contribution is -2.42. The van der Waals surface area contributed by atoms with Crippen molar-refractivity contribution in [2.45, 2.75) is 63.2 Å². The number of anilines is 1. The first-order chi connectivity index (χ1) is 17.7. The third-order valence-corrected chi connectivity index (χ3v) is 9.26. The summed E-state index contributed by atoms with van der Waals surface area (Å²) in [5.41, 5.74) is 7.40. The van der Waals surface area contributed by atoms with Crippen LogP contribution in [-0.2, 0) is 6.42 Å². The zero-order chi connectivity index (χ0) is 24.4. The summed E-state index contributed by atoms with van der Waals surface area (Å²) in [4.78, 5) is 2.62. The summed E-state index contributed by atoms with van der Waals surface area (Å²) in [6.45, 7) is 4.77. The number of aryl methyl sites for hydroxylation is 1. The first kappa shape index (κ1) is 23.6. The summed E-state index contributed by atoms with van der Waals surface area (Å²) < 4.78 is 0. The lowest BCUT2D eigenvalue weighted by Gasteiger charge is -2.41. The van der Waals surface area contributed by atoms with E-state index in [4.69, 9.17) is 0 Å². The number of piperidine rings is 1. The van der Waals surface area contributed by atoms with Crippen LogP contribution in [-0.4, -0.2) is 31.3 Å². The van der Waals surface area contributed by atoms with Gasteiger partial charge >= 0.3 is 0 Å². The molecule has 2 N–H and O–H groups in total. The first-order valence-corrected chi connectivity index (χ1v) is 14.1. The predicted octanol–water partition coefficient (Wildman–Crippen LogP) is 7.00. The number of rotatable bonds is 3. The van der Waals surface area contributed by atoms with Crippen molar-refractivity contribution in [2.75, 3.05) is 31.1 Å². The molecule has 0 amide bonds.